The monoisotopic (exact) mass is 369 g/mol. The maximum atomic E-state index is 13.0. The Morgan fingerprint density at radius 3 is 2.50 bits per heavy atom. The third-order valence-electron chi connectivity index (χ3n) is 4.31. The number of hydrogen-bond donors (Lipinski definition) is 1. The van der Waals surface area contributed by atoms with Gasteiger partial charge in [0.1, 0.15) is 0 Å². The van der Waals surface area contributed by atoms with Gasteiger partial charge >= 0.3 is 0 Å². The summed E-state index contributed by atoms with van der Waals surface area (Å²) in [4.78, 5) is 21.6. The highest BCUT2D eigenvalue weighted by Gasteiger charge is 2.18. The number of benzene rings is 2. The van der Waals surface area contributed by atoms with Crippen molar-refractivity contribution in [2.45, 2.75) is 13.5 Å². The van der Waals surface area contributed by atoms with E-state index < -0.39 is 0 Å². The van der Waals surface area contributed by atoms with Gasteiger partial charge in [0.05, 0.1) is 5.56 Å². The van der Waals surface area contributed by atoms with E-state index in [1.165, 1.54) is 10.9 Å². The van der Waals surface area contributed by atoms with Gasteiger partial charge in [0.15, 0.2) is 5.82 Å². The molecule has 6 nitrogen and oxygen atoms in total. The van der Waals surface area contributed by atoms with Gasteiger partial charge in [-0.1, -0.05) is 60.2 Å². The minimum Gasteiger partial charge on any atom is -0.350 e. The van der Waals surface area contributed by atoms with Crippen LogP contribution in [0.4, 0.5) is 5.95 Å². The Morgan fingerprint density at radius 1 is 1.00 bits per heavy atom. The van der Waals surface area contributed by atoms with Crippen LogP contribution in [0.15, 0.2) is 79.1 Å². The SMILES string of the molecule is Cc1ccc(-c2nc(NCc3ccccc3)n(C(=O)c3cccnc3)n2)cc1. The summed E-state index contributed by atoms with van der Waals surface area (Å²) in [5, 5.41) is 7.69. The highest BCUT2D eigenvalue weighted by Crippen LogP contribution is 2.20. The second kappa shape index (κ2) is 7.84. The molecule has 0 aliphatic heterocycles. The summed E-state index contributed by atoms with van der Waals surface area (Å²) < 4.78 is 1.30. The standard InChI is InChI=1S/C22H19N5O/c1-16-9-11-18(12-10-16)20-25-22(24-14-17-6-3-2-4-7-17)27(26-20)21(28)19-8-5-13-23-15-19/h2-13,15H,14H2,1H3,(H,24,25,26). The van der Waals surface area contributed by atoms with E-state index in [1.54, 1.807) is 18.3 Å². The summed E-state index contributed by atoms with van der Waals surface area (Å²) in [5.41, 5.74) is 3.54. The lowest BCUT2D eigenvalue weighted by Crippen LogP contribution is -2.17. The smallest absolute Gasteiger partial charge is 0.282 e. The third kappa shape index (κ3) is 3.81. The first-order chi connectivity index (χ1) is 13.7. The van der Waals surface area contributed by atoms with Crippen LogP contribution in [0.2, 0.25) is 0 Å². The molecule has 4 aromatic rings. The summed E-state index contributed by atoms with van der Waals surface area (Å²) in [6.07, 6.45) is 3.15. The Balaban J connectivity index is 1.69. The third-order valence-corrected chi connectivity index (χ3v) is 4.31. The van der Waals surface area contributed by atoms with Crippen LogP contribution < -0.4 is 5.32 Å². The number of aromatic nitrogens is 4. The number of hydrogen-bond acceptors (Lipinski definition) is 5. The van der Waals surface area contributed by atoms with Crippen LogP contribution in [0, 0.1) is 6.92 Å². The average molecular weight is 369 g/mol. The van der Waals surface area contributed by atoms with Crippen LogP contribution in [-0.4, -0.2) is 25.7 Å². The van der Waals surface area contributed by atoms with Crippen molar-refractivity contribution in [3.63, 3.8) is 0 Å². The molecule has 0 bridgehead atoms. The van der Waals surface area contributed by atoms with Crippen molar-refractivity contribution >= 4 is 11.9 Å². The van der Waals surface area contributed by atoms with Crippen molar-refractivity contribution in [1.82, 2.24) is 19.7 Å². The predicted molar refractivity (Wildman–Crippen MR) is 108 cm³/mol. The zero-order chi connectivity index (χ0) is 19.3. The summed E-state index contributed by atoms with van der Waals surface area (Å²) >= 11 is 0. The fourth-order valence-corrected chi connectivity index (χ4v) is 2.78. The quantitative estimate of drug-likeness (QED) is 0.577. The molecule has 0 atom stereocenters. The molecule has 0 radical (unpaired) electrons. The lowest BCUT2D eigenvalue weighted by Gasteiger charge is -2.07. The maximum absolute atomic E-state index is 13.0. The van der Waals surface area contributed by atoms with Crippen LogP contribution in [0.5, 0.6) is 0 Å². The lowest BCUT2D eigenvalue weighted by molar-refractivity contribution is 0.0947. The molecule has 0 fully saturated rings. The van der Waals surface area contributed by atoms with Crippen molar-refractivity contribution in [1.29, 1.82) is 0 Å². The van der Waals surface area contributed by atoms with Crippen molar-refractivity contribution in [3.8, 4) is 11.4 Å². The van der Waals surface area contributed by atoms with Gasteiger partial charge in [-0.2, -0.15) is 9.67 Å². The van der Waals surface area contributed by atoms with Crippen LogP contribution in [0.25, 0.3) is 11.4 Å². The van der Waals surface area contributed by atoms with Crippen molar-refractivity contribution in [2.24, 2.45) is 0 Å². The molecule has 2 aromatic heterocycles. The number of rotatable bonds is 5. The molecule has 0 aliphatic carbocycles. The van der Waals surface area contributed by atoms with E-state index in [4.69, 9.17) is 0 Å². The summed E-state index contributed by atoms with van der Waals surface area (Å²) in [6, 6.07) is 21.3. The highest BCUT2D eigenvalue weighted by atomic mass is 16.2. The van der Waals surface area contributed by atoms with Gasteiger partial charge < -0.3 is 5.32 Å². The molecule has 138 valence electrons. The molecule has 2 heterocycles. The second-order valence-corrected chi connectivity index (χ2v) is 6.42. The first kappa shape index (κ1) is 17.6. The van der Waals surface area contributed by atoms with Gasteiger partial charge in [0.25, 0.3) is 5.91 Å². The molecule has 0 saturated heterocycles. The molecule has 0 unspecified atom stereocenters. The molecular formula is C22H19N5O. The molecule has 2 aromatic carbocycles. The minimum absolute atomic E-state index is 0.283. The number of pyridine rings is 1. The molecule has 0 aliphatic rings. The van der Waals surface area contributed by atoms with E-state index in [9.17, 15) is 4.79 Å². The number of carbonyl (C=O) groups is 1. The minimum atomic E-state index is -0.283. The Bertz CT molecular complexity index is 1070. The number of anilines is 1. The number of nitrogens with zero attached hydrogens (tertiary/aromatic N) is 4. The molecular weight excluding hydrogens is 350 g/mol. The number of nitrogens with one attached hydrogen (secondary N) is 1. The maximum Gasteiger partial charge on any atom is 0.282 e. The molecule has 6 heteroatoms. The van der Waals surface area contributed by atoms with Crippen LogP contribution in [0.3, 0.4) is 0 Å². The van der Waals surface area contributed by atoms with Crippen molar-refractivity contribution < 1.29 is 4.79 Å². The molecule has 1 N–H and O–H groups in total. The van der Waals surface area contributed by atoms with E-state index in [2.05, 4.69) is 20.4 Å². The van der Waals surface area contributed by atoms with Gasteiger partial charge in [-0.25, -0.2) is 0 Å². The van der Waals surface area contributed by atoms with Gasteiger partial charge in [0.2, 0.25) is 5.95 Å². The zero-order valence-electron chi connectivity index (χ0n) is 15.4. The Kier molecular flexibility index (Phi) is 4.93. The fraction of sp³-hybridized carbons (Fsp3) is 0.0909. The first-order valence-corrected chi connectivity index (χ1v) is 8.97. The fourth-order valence-electron chi connectivity index (χ4n) is 2.78. The zero-order valence-corrected chi connectivity index (χ0v) is 15.4. The topological polar surface area (TPSA) is 72.7 Å². The average Bonchev–Trinajstić information content (AvgIpc) is 3.18. The Morgan fingerprint density at radius 2 is 1.79 bits per heavy atom. The van der Waals surface area contributed by atoms with Gasteiger partial charge in [-0.05, 0) is 24.6 Å². The Hall–Kier alpha value is -3.80. The lowest BCUT2D eigenvalue weighted by atomic mass is 10.1. The summed E-state index contributed by atoms with van der Waals surface area (Å²) in [5.74, 6) is 0.607. The van der Waals surface area contributed by atoms with Crippen molar-refractivity contribution in [3.05, 3.63) is 95.8 Å². The van der Waals surface area contributed by atoms with Crippen LogP contribution in [0.1, 0.15) is 21.5 Å². The van der Waals surface area contributed by atoms with E-state index in [0.717, 1.165) is 16.7 Å². The number of carbonyl (C=O) groups excluding carboxylic acids is 1. The van der Waals surface area contributed by atoms with Crippen LogP contribution >= 0.6 is 0 Å². The largest absolute Gasteiger partial charge is 0.350 e. The van der Waals surface area contributed by atoms with Crippen molar-refractivity contribution in [2.75, 3.05) is 5.32 Å². The molecule has 4 rings (SSSR count). The van der Waals surface area contributed by atoms with Crippen LogP contribution in [-0.2, 0) is 6.54 Å². The second-order valence-electron chi connectivity index (χ2n) is 6.42. The Labute approximate surface area is 162 Å². The molecule has 0 amide bonds. The highest BCUT2D eigenvalue weighted by molar-refractivity contribution is 5.96. The summed E-state index contributed by atoms with van der Waals surface area (Å²) in [7, 11) is 0. The van der Waals surface area contributed by atoms with E-state index in [-0.39, 0.29) is 5.91 Å². The predicted octanol–water partition coefficient (Wildman–Crippen LogP) is 3.95. The molecule has 0 saturated carbocycles. The van der Waals surface area contributed by atoms with E-state index in [1.807, 2.05) is 61.5 Å². The number of aryl methyl sites for hydroxylation is 1. The molecule has 28 heavy (non-hydrogen) atoms. The van der Waals surface area contributed by atoms with Gasteiger partial charge in [-0.15, -0.1) is 5.10 Å². The van der Waals surface area contributed by atoms with Gasteiger partial charge in [-0.3, -0.25) is 9.78 Å². The normalized spacial score (nSPS) is 10.6. The van der Waals surface area contributed by atoms with E-state index in [0.29, 0.717) is 23.9 Å². The summed E-state index contributed by atoms with van der Waals surface area (Å²) in [6.45, 7) is 2.56. The first-order valence-electron chi connectivity index (χ1n) is 8.97. The molecule has 0 spiro atoms. The van der Waals surface area contributed by atoms with E-state index >= 15 is 0 Å². The van der Waals surface area contributed by atoms with Gasteiger partial charge in [0, 0.05) is 24.5 Å².